The molecule has 0 aromatic rings. The molecule has 15 heteroatoms. The van der Waals surface area contributed by atoms with Crippen LogP contribution in [0.2, 0.25) is 0 Å². The molecule has 0 aliphatic carbocycles. The van der Waals surface area contributed by atoms with Gasteiger partial charge in [-0.1, -0.05) is 20.8 Å². The van der Waals surface area contributed by atoms with Gasteiger partial charge in [0, 0.05) is 0 Å². The third-order valence-electron chi connectivity index (χ3n) is 3.49. The summed E-state index contributed by atoms with van der Waals surface area (Å²) in [4.78, 5) is 0. The minimum atomic E-state index is -9.22. The highest BCUT2D eigenvalue weighted by atomic mass is 32.4. The summed E-state index contributed by atoms with van der Waals surface area (Å²) in [6.45, 7) is -3.57. The van der Waals surface area contributed by atoms with E-state index in [1.54, 1.807) is 0 Å². The molecule has 168 valence electrons. The van der Waals surface area contributed by atoms with E-state index in [0.717, 1.165) is 0 Å². The van der Waals surface area contributed by atoms with E-state index in [9.17, 15) is 43.9 Å². The van der Waals surface area contributed by atoms with Crippen molar-refractivity contribution in [1.82, 2.24) is 0 Å². The van der Waals surface area contributed by atoms with E-state index < -0.39 is 51.6 Å². The molecule has 0 spiro atoms. The fraction of sp³-hybridized carbons (Fsp3) is 1.00. The maximum atomic E-state index is 14.3. The monoisotopic (exact) mass is 450 g/mol. The molecule has 0 amide bonds. The molecular weight excluding hydrogens is 430 g/mol. The van der Waals surface area contributed by atoms with Crippen LogP contribution in [0.3, 0.4) is 0 Å². The van der Waals surface area contributed by atoms with Crippen molar-refractivity contribution in [2.75, 3.05) is 13.7 Å². The van der Waals surface area contributed by atoms with Crippen LogP contribution in [-0.2, 0) is 16.7 Å². The van der Waals surface area contributed by atoms with E-state index in [0.29, 0.717) is 27.7 Å². The first-order chi connectivity index (χ1) is 11.7. The average Bonchev–Trinajstić information content (AvgIpc) is 2.32. The van der Waals surface area contributed by atoms with E-state index >= 15 is 0 Å². The molecule has 0 fully saturated rings. The minimum absolute atomic E-state index is 0.167. The lowest BCUT2D eigenvalue weighted by molar-refractivity contribution is -0.310. The molecule has 0 aliphatic heterocycles. The second-order valence-corrected chi connectivity index (χ2v) is 10.7. The van der Waals surface area contributed by atoms with Gasteiger partial charge in [0.1, 0.15) is 14.7 Å². The first kappa shape index (κ1) is 26.5. The van der Waals surface area contributed by atoms with Gasteiger partial charge in [-0.3, -0.25) is 8.37 Å². The summed E-state index contributed by atoms with van der Waals surface area (Å²) < 4.78 is 151. The molecule has 0 saturated heterocycles. The highest BCUT2D eigenvalue weighted by Gasteiger charge is 2.92. The zero-order valence-corrected chi connectivity index (χ0v) is 15.6. The molecular formula is C12H20F10O4S. The van der Waals surface area contributed by atoms with Crippen LogP contribution in [0.25, 0.3) is 0 Å². The van der Waals surface area contributed by atoms with Crippen molar-refractivity contribution in [1.29, 1.82) is 0 Å². The molecule has 4 nitrogen and oxygen atoms in total. The van der Waals surface area contributed by atoms with Crippen LogP contribution in [0.4, 0.5) is 43.9 Å². The Balaban J connectivity index is 7.90. The number of hydrogen-bond acceptors (Lipinski definition) is 4. The Morgan fingerprint density at radius 3 is 1.52 bits per heavy atom. The SMILES string of the molecule is CCOS(OC)(OC(F)F)(OC(F)(F)F)(C(C(F)F)C(C)(C)C)C(F)(F)F. The fourth-order valence-corrected chi connectivity index (χ4v) is 7.93. The van der Waals surface area contributed by atoms with Crippen LogP contribution >= 0.6 is 9.42 Å². The van der Waals surface area contributed by atoms with Crippen molar-refractivity contribution in [3.63, 3.8) is 0 Å². The van der Waals surface area contributed by atoms with Crippen LogP contribution in [0.5, 0.6) is 0 Å². The lowest BCUT2D eigenvalue weighted by atomic mass is 9.92. The fourth-order valence-electron chi connectivity index (χ4n) is 2.90. The predicted octanol–water partition coefficient (Wildman–Crippen LogP) is 6.18. The first-order valence-corrected chi connectivity index (χ1v) is 9.29. The van der Waals surface area contributed by atoms with Gasteiger partial charge in [-0.15, -0.1) is 13.2 Å². The Labute approximate surface area is 148 Å². The quantitative estimate of drug-likeness (QED) is 0.414. The number of hydrogen-bond donors (Lipinski definition) is 0. The number of halogens is 10. The number of rotatable bonds is 8. The van der Waals surface area contributed by atoms with Gasteiger partial charge in [-0.25, -0.2) is 13.0 Å². The molecule has 0 aliphatic rings. The lowest BCUT2D eigenvalue weighted by Crippen LogP contribution is -2.68. The van der Waals surface area contributed by atoms with Gasteiger partial charge in [0.25, 0.3) is 6.43 Å². The van der Waals surface area contributed by atoms with Crippen LogP contribution in [0, 0.1) is 5.41 Å². The van der Waals surface area contributed by atoms with Crippen molar-refractivity contribution in [2.45, 2.75) is 57.9 Å². The third kappa shape index (κ3) is 3.84. The third-order valence-corrected chi connectivity index (χ3v) is 9.22. The molecule has 0 saturated carbocycles. The molecule has 0 rings (SSSR count). The smallest absolute Gasteiger partial charge is 0.290 e. The molecule has 27 heavy (non-hydrogen) atoms. The summed E-state index contributed by atoms with van der Waals surface area (Å²) in [5.41, 5.74) is -9.23. The molecule has 0 N–H and O–H groups in total. The Hall–Kier alpha value is -0.510. The van der Waals surface area contributed by atoms with Crippen molar-refractivity contribution in [2.24, 2.45) is 5.41 Å². The summed E-state index contributed by atoms with van der Waals surface area (Å²) in [6.07, 6.45) is -10.8. The topological polar surface area (TPSA) is 36.9 Å². The van der Waals surface area contributed by atoms with E-state index in [2.05, 4.69) is 16.7 Å². The van der Waals surface area contributed by atoms with Crippen molar-refractivity contribution >= 4 is 9.42 Å². The standard InChI is InChI=1S/C12H20F10O4S/c1-6-24-27(23-5,12(20,21)22,25-9(15)16,26-11(17,18)19)7(8(13)14)10(2,3)4/h7-9H,6H2,1-5H3. The van der Waals surface area contributed by atoms with E-state index in [4.69, 9.17) is 0 Å². The summed E-state index contributed by atoms with van der Waals surface area (Å²) in [5, 5.41) is -3.78. The summed E-state index contributed by atoms with van der Waals surface area (Å²) >= 11 is 0. The zero-order chi connectivity index (χ0) is 22.2. The van der Waals surface area contributed by atoms with Crippen LogP contribution in [-0.4, -0.2) is 43.9 Å². The molecule has 0 heterocycles. The Kier molecular flexibility index (Phi) is 6.94. The Morgan fingerprint density at radius 1 is 0.889 bits per heavy atom. The van der Waals surface area contributed by atoms with Gasteiger partial charge in [0.05, 0.1) is 13.7 Å². The van der Waals surface area contributed by atoms with Crippen LogP contribution < -0.4 is 0 Å². The van der Waals surface area contributed by atoms with Gasteiger partial charge in [0.2, 0.25) is 0 Å². The first-order valence-electron chi connectivity index (χ1n) is 7.08. The highest BCUT2D eigenvalue weighted by Crippen LogP contribution is 3.04. The van der Waals surface area contributed by atoms with Gasteiger partial charge in [-0.2, -0.15) is 26.1 Å². The summed E-state index contributed by atoms with van der Waals surface area (Å²) in [5.74, 6) is 0. The Morgan fingerprint density at radius 2 is 1.33 bits per heavy atom. The minimum Gasteiger partial charge on any atom is -0.290 e. The lowest BCUT2D eigenvalue weighted by Gasteiger charge is -2.77. The normalized spacial score (nSPS) is 18.6. The molecule has 0 bridgehead atoms. The van der Waals surface area contributed by atoms with E-state index in [1.807, 2.05) is 0 Å². The molecule has 1 atom stereocenters. The summed E-state index contributed by atoms with van der Waals surface area (Å²) in [6, 6.07) is 0. The molecule has 1 unspecified atom stereocenters. The van der Waals surface area contributed by atoms with Crippen LogP contribution in [0.15, 0.2) is 0 Å². The van der Waals surface area contributed by atoms with Gasteiger partial charge >= 0.3 is 18.5 Å². The molecule has 0 aromatic heterocycles. The molecule has 0 aromatic carbocycles. The maximum Gasteiger partial charge on any atom is 0.536 e. The molecule has 0 radical (unpaired) electrons. The largest absolute Gasteiger partial charge is 0.536 e. The highest BCUT2D eigenvalue weighted by molar-refractivity contribution is 8.51. The van der Waals surface area contributed by atoms with E-state index in [-0.39, 0.29) is 7.11 Å². The average molecular weight is 450 g/mol. The van der Waals surface area contributed by atoms with Crippen LogP contribution in [0.1, 0.15) is 27.7 Å². The second kappa shape index (κ2) is 7.07. The van der Waals surface area contributed by atoms with Gasteiger partial charge in [-0.05, 0) is 12.3 Å². The Bertz CT molecular complexity index is 534. The number of alkyl halides is 10. The summed E-state index contributed by atoms with van der Waals surface area (Å²) in [7, 11) is -9.38. The maximum absolute atomic E-state index is 14.3. The van der Waals surface area contributed by atoms with Crippen molar-refractivity contribution in [3.8, 4) is 0 Å². The predicted molar refractivity (Wildman–Crippen MR) is 75.8 cm³/mol. The van der Waals surface area contributed by atoms with Gasteiger partial charge < -0.3 is 0 Å². The van der Waals surface area contributed by atoms with Gasteiger partial charge in [0.15, 0.2) is 0 Å². The van der Waals surface area contributed by atoms with E-state index in [1.165, 1.54) is 0 Å². The zero-order valence-electron chi connectivity index (χ0n) is 14.8. The van der Waals surface area contributed by atoms with Crippen molar-refractivity contribution in [3.05, 3.63) is 0 Å². The van der Waals surface area contributed by atoms with Crippen molar-refractivity contribution < 1.29 is 60.6 Å². The second-order valence-electron chi connectivity index (χ2n) is 6.27.